The van der Waals surface area contributed by atoms with E-state index in [1.54, 1.807) is 11.3 Å². The molecule has 0 fully saturated rings. The molecule has 9 heteroatoms. The number of thiophene rings is 1. The van der Waals surface area contributed by atoms with Gasteiger partial charge in [-0.1, -0.05) is 11.8 Å². The van der Waals surface area contributed by atoms with Gasteiger partial charge in [0, 0.05) is 10.6 Å². The predicted octanol–water partition coefficient (Wildman–Crippen LogP) is 4.66. The van der Waals surface area contributed by atoms with Crippen molar-refractivity contribution in [2.45, 2.75) is 44.7 Å². The number of thioether (sulfide) groups is 1. The summed E-state index contributed by atoms with van der Waals surface area (Å²) in [6.45, 7) is 4.53. The van der Waals surface area contributed by atoms with Gasteiger partial charge < -0.3 is 10.1 Å². The highest BCUT2D eigenvalue weighted by atomic mass is 32.2. The van der Waals surface area contributed by atoms with Crippen molar-refractivity contribution in [1.29, 1.82) is 0 Å². The molecule has 0 atom stereocenters. The van der Waals surface area contributed by atoms with Crippen LogP contribution in [0.4, 0.5) is 5.69 Å². The summed E-state index contributed by atoms with van der Waals surface area (Å²) in [6, 6.07) is 7.37. The third-order valence-electron chi connectivity index (χ3n) is 5.38. The lowest BCUT2D eigenvalue weighted by atomic mass is 9.97. The Kier molecular flexibility index (Phi) is 5.54. The van der Waals surface area contributed by atoms with Gasteiger partial charge in [0.1, 0.15) is 16.4 Å². The van der Waals surface area contributed by atoms with Crippen molar-refractivity contribution in [1.82, 2.24) is 19.6 Å². The minimum Gasteiger partial charge on any atom is -0.494 e. The van der Waals surface area contributed by atoms with Crippen molar-refractivity contribution in [2.24, 2.45) is 0 Å². The Hall–Kier alpha value is -2.65. The minimum absolute atomic E-state index is 0.0921. The molecule has 1 aliphatic rings. The van der Waals surface area contributed by atoms with Crippen LogP contribution in [0, 0.1) is 6.92 Å². The zero-order chi connectivity index (χ0) is 21.4. The molecule has 0 spiro atoms. The predicted molar refractivity (Wildman–Crippen MR) is 125 cm³/mol. The summed E-state index contributed by atoms with van der Waals surface area (Å²) in [5.41, 5.74) is 2.99. The molecule has 1 aliphatic carbocycles. The lowest BCUT2D eigenvalue weighted by Gasteiger charge is -2.10. The fourth-order valence-electron chi connectivity index (χ4n) is 4.00. The second-order valence-corrected chi connectivity index (χ2v) is 9.51. The van der Waals surface area contributed by atoms with Crippen molar-refractivity contribution < 1.29 is 9.53 Å². The fourth-order valence-corrected chi connectivity index (χ4v) is 6.08. The van der Waals surface area contributed by atoms with Crippen LogP contribution in [0.15, 0.2) is 29.4 Å². The molecule has 0 saturated carbocycles. The summed E-state index contributed by atoms with van der Waals surface area (Å²) < 4.78 is 7.42. The quantitative estimate of drug-likeness (QED) is 0.428. The number of aryl methyl sites for hydroxylation is 3. The summed E-state index contributed by atoms with van der Waals surface area (Å²) in [5, 5.41) is 13.6. The number of aromatic nitrogens is 4. The van der Waals surface area contributed by atoms with Gasteiger partial charge in [0.25, 0.3) is 0 Å². The topological polar surface area (TPSA) is 81.4 Å². The van der Waals surface area contributed by atoms with Crippen molar-refractivity contribution in [2.75, 3.05) is 17.7 Å². The standard InChI is InChI=1S/C22H23N5O2S2/c1-3-29-15-10-8-14(9-11-15)24-18(28)12-30-22-26-25-20-19-16-6-4-5-7-17(16)31-21(19)23-13(2)27(20)22/h8-11H,3-7,12H2,1-2H3,(H,24,28). The molecule has 0 unspecified atom stereocenters. The largest absolute Gasteiger partial charge is 0.494 e. The van der Waals surface area contributed by atoms with Gasteiger partial charge in [0.05, 0.1) is 17.7 Å². The van der Waals surface area contributed by atoms with E-state index in [4.69, 9.17) is 9.72 Å². The summed E-state index contributed by atoms with van der Waals surface area (Å²) in [4.78, 5) is 19.8. The Balaban J connectivity index is 1.35. The molecule has 1 N–H and O–H groups in total. The normalized spacial score (nSPS) is 13.5. The highest BCUT2D eigenvalue weighted by molar-refractivity contribution is 7.99. The van der Waals surface area contributed by atoms with Crippen LogP contribution in [0.1, 0.15) is 36.0 Å². The molecule has 160 valence electrons. The van der Waals surface area contributed by atoms with Crippen LogP contribution in [0.2, 0.25) is 0 Å². The fraction of sp³-hybridized carbons (Fsp3) is 0.364. The highest BCUT2D eigenvalue weighted by Gasteiger charge is 2.22. The zero-order valence-corrected chi connectivity index (χ0v) is 19.1. The molecule has 5 rings (SSSR count). The second kappa shape index (κ2) is 8.47. The molecule has 0 radical (unpaired) electrons. The van der Waals surface area contributed by atoms with Gasteiger partial charge in [-0.15, -0.1) is 21.5 Å². The van der Waals surface area contributed by atoms with Crippen molar-refractivity contribution in [3.05, 3.63) is 40.5 Å². The number of fused-ring (bicyclic) bond motifs is 5. The van der Waals surface area contributed by atoms with Crippen LogP contribution >= 0.6 is 23.1 Å². The van der Waals surface area contributed by atoms with E-state index >= 15 is 0 Å². The first-order valence-corrected chi connectivity index (χ1v) is 12.3. The van der Waals surface area contributed by atoms with Crippen molar-refractivity contribution in [3.8, 4) is 5.75 Å². The maximum absolute atomic E-state index is 12.5. The molecular formula is C22H23N5O2S2. The lowest BCUT2D eigenvalue weighted by Crippen LogP contribution is -2.14. The number of amides is 1. The molecular weight excluding hydrogens is 430 g/mol. The first-order valence-electron chi connectivity index (χ1n) is 10.5. The van der Waals surface area contributed by atoms with E-state index in [1.165, 1.54) is 35.0 Å². The van der Waals surface area contributed by atoms with Crippen LogP contribution in [0.5, 0.6) is 5.75 Å². The molecule has 3 aromatic heterocycles. The molecule has 0 aliphatic heterocycles. The van der Waals surface area contributed by atoms with E-state index in [0.29, 0.717) is 11.8 Å². The average Bonchev–Trinajstić information content (AvgIpc) is 3.35. The van der Waals surface area contributed by atoms with Crippen LogP contribution in [-0.4, -0.2) is 37.8 Å². The van der Waals surface area contributed by atoms with Crippen molar-refractivity contribution in [3.63, 3.8) is 0 Å². The molecule has 1 aromatic carbocycles. The molecule has 3 heterocycles. The molecule has 7 nitrogen and oxygen atoms in total. The number of ether oxygens (including phenoxy) is 1. The lowest BCUT2D eigenvalue weighted by molar-refractivity contribution is -0.113. The van der Waals surface area contributed by atoms with Gasteiger partial charge in [-0.3, -0.25) is 9.20 Å². The Morgan fingerprint density at radius 2 is 2.03 bits per heavy atom. The van der Waals surface area contributed by atoms with Crippen LogP contribution in [0.3, 0.4) is 0 Å². The third kappa shape index (κ3) is 3.87. The minimum atomic E-state index is -0.0921. The molecule has 31 heavy (non-hydrogen) atoms. The summed E-state index contributed by atoms with van der Waals surface area (Å²) >= 11 is 3.16. The van der Waals surface area contributed by atoms with Gasteiger partial charge in [0.2, 0.25) is 5.91 Å². The van der Waals surface area contributed by atoms with Gasteiger partial charge in [-0.25, -0.2) is 4.98 Å². The Morgan fingerprint density at radius 3 is 2.84 bits per heavy atom. The third-order valence-corrected chi connectivity index (χ3v) is 7.49. The average molecular weight is 454 g/mol. The maximum atomic E-state index is 12.5. The second-order valence-electron chi connectivity index (χ2n) is 7.49. The van der Waals surface area contributed by atoms with Crippen LogP contribution in [0.25, 0.3) is 15.9 Å². The van der Waals surface area contributed by atoms with E-state index in [2.05, 4.69) is 15.5 Å². The number of nitrogens with zero attached hydrogens (tertiary/aromatic N) is 4. The summed E-state index contributed by atoms with van der Waals surface area (Å²) in [5.74, 6) is 1.79. The molecule has 1 amide bonds. The van der Waals surface area contributed by atoms with E-state index < -0.39 is 0 Å². The number of rotatable bonds is 6. The SMILES string of the molecule is CCOc1ccc(NC(=O)CSc2nnc3c4c5c(sc4nc(C)n23)CCCC5)cc1. The first-order chi connectivity index (χ1) is 15.1. The summed E-state index contributed by atoms with van der Waals surface area (Å²) in [7, 11) is 0. The molecule has 0 bridgehead atoms. The van der Waals surface area contributed by atoms with Gasteiger partial charge in [-0.2, -0.15) is 0 Å². The van der Waals surface area contributed by atoms with E-state index in [1.807, 2.05) is 42.5 Å². The Bertz CT molecular complexity index is 1260. The van der Waals surface area contributed by atoms with Crippen LogP contribution in [-0.2, 0) is 17.6 Å². The van der Waals surface area contributed by atoms with Crippen molar-refractivity contribution >= 4 is 50.6 Å². The smallest absolute Gasteiger partial charge is 0.234 e. The monoisotopic (exact) mass is 453 g/mol. The number of hydrogen-bond acceptors (Lipinski definition) is 7. The van der Waals surface area contributed by atoms with Gasteiger partial charge in [-0.05, 0) is 69.4 Å². The number of carbonyl (C=O) groups is 1. The Labute approximate surface area is 188 Å². The number of anilines is 1. The zero-order valence-electron chi connectivity index (χ0n) is 17.5. The van der Waals surface area contributed by atoms with E-state index in [-0.39, 0.29) is 11.7 Å². The Morgan fingerprint density at radius 1 is 1.23 bits per heavy atom. The van der Waals surface area contributed by atoms with Gasteiger partial charge in [0.15, 0.2) is 10.8 Å². The number of carbonyl (C=O) groups excluding carboxylic acids is 1. The highest BCUT2D eigenvalue weighted by Crippen LogP contribution is 2.38. The van der Waals surface area contributed by atoms with E-state index in [9.17, 15) is 4.79 Å². The number of nitrogens with one attached hydrogen (secondary N) is 1. The first kappa shape index (κ1) is 20.3. The van der Waals surface area contributed by atoms with Gasteiger partial charge >= 0.3 is 0 Å². The van der Waals surface area contributed by atoms with E-state index in [0.717, 1.165) is 46.0 Å². The molecule has 4 aromatic rings. The summed E-state index contributed by atoms with van der Waals surface area (Å²) in [6.07, 6.45) is 4.66. The molecule has 0 saturated heterocycles. The van der Waals surface area contributed by atoms with Crippen LogP contribution < -0.4 is 10.1 Å². The number of hydrogen-bond donors (Lipinski definition) is 1. The maximum Gasteiger partial charge on any atom is 0.234 e. The number of benzene rings is 1.